The minimum atomic E-state index is -0.217. The van der Waals surface area contributed by atoms with Gasteiger partial charge in [0, 0.05) is 68.7 Å². The van der Waals surface area contributed by atoms with Crippen molar-refractivity contribution in [1.82, 2.24) is 9.80 Å². The predicted molar refractivity (Wildman–Crippen MR) is 275 cm³/mol. The number of hydrogen-bond donors (Lipinski definition) is 1. The zero-order valence-electron chi connectivity index (χ0n) is 37.2. The van der Waals surface area contributed by atoms with Gasteiger partial charge >= 0.3 is 0 Å². The Balaban J connectivity index is 0.000000575. The molecule has 61 heavy (non-hydrogen) atoms. The van der Waals surface area contributed by atoms with E-state index in [4.69, 9.17) is 18.9 Å². The van der Waals surface area contributed by atoms with E-state index in [2.05, 4.69) is 46.7 Å². The standard InChI is InChI=1S/C24H36FNO3S.C22H33NO3S.4H2S/c1-28-23-14-18-9-11-26-17-19(8-6-4-3-5-7-12-30-13-10-25)22(27)16-21(26)20(18)15-24(23)29-2;1-25-21-12-16-9-10-23-15-17(8-6-4-3-5-7-11-27)20(24)14-19(23)18(16)13-22(21)26-2;;;;/h14-15,19,21H,3-13,16-17H2,1-2H3;12-13,17,19,27H,3-11,14-15H2,1-2H3;4*1H2/t19-,21-;17-,19-;;;;/m00..../s1/i25-1;;;;;. The van der Waals surface area contributed by atoms with Gasteiger partial charge in [-0.25, -0.2) is 0 Å². The van der Waals surface area contributed by atoms with Gasteiger partial charge in [0.25, 0.3) is 0 Å². The molecule has 0 N–H and O–H groups in total. The van der Waals surface area contributed by atoms with E-state index in [1.807, 2.05) is 0 Å². The molecule has 0 bridgehead atoms. The van der Waals surface area contributed by atoms with Gasteiger partial charge in [-0.2, -0.15) is 78.4 Å². The van der Waals surface area contributed by atoms with E-state index in [1.54, 1.807) is 40.2 Å². The molecule has 8 nitrogen and oxygen atoms in total. The number of fused-ring (bicyclic) bond motifs is 6. The molecule has 4 atom stereocenters. The molecule has 4 aliphatic heterocycles. The molecule has 0 amide bonds. The van der Waals surface area contributed by atoms with Crippen molar-refractivity contribution in [2.75, 3.05) is 78.6 Å². The first-order valence-electron chi connectivity index (χ1n) is 21.6. The number of carbonyl (C=O) groups is 2. The monoisotopic (exact) mass is 963 g/mol. The highest BCUT2D eigenvalue weighted by Crippen LogP contribution is 2.44. The smallest absolute Gasteiger partial charge is 0.161 e. The first kappa shape index (κ1) is 57.9. The molecule has 0 unspecified atom stereocenters. The van der Waals surface area contributed by atoms with E-state index in [1.165, 1.54) is 80.0 Å². The maximum absolute atomic E-state index is 12.9. The fourth-order valence-corrected chi connectivity index (χ4v) is 10.3. The molecule has 15 heteroatoms. The van der Waals surface area contributed by atoms with Gasteiger partial charge in [0.2, 0.25) is 0 Å². The first-order chi connectivity index (χ1) is 27.8. The van der Waals surface area contributed by atoms with E-state index in [9.17, 15) is 14.0 Å². The van der Waals surface area contributed by atoms with Gasteiger partial charge in [-0.1, -0.05) is 51.4 Å². The van der Waals surface area contributed by atoms with Gasteiger partial charge in [-0.15, -0.1) is 0 Å². The van der Waals surface area contributed by atoms with Crippen LogP contribution in [0.3, 0.4) is 0 Å². The fourth-order valence-electron chi connectivity index (χ4n) is 9.38. The summed E-state index contributed by atoms with van der Waals surface area (Å²) in [6.45, 7) is 3.61. The number of rotatable bonds is 21. The summed E-state index contributed by atoms with van der Waals surface area (Å²) in [6.07, 6.45) is 17.4. The number of alkyl halides is 1. The number of halogens is 1. The Hall–Kier alpha value is -1.07. The number of Topliss-reactive ketones (excluding diaryl/α,β-unsaturated/α-hetero) is 2. The van der Waals surface area contributed by atoms with Crippen LogP contribution in [-0.2, 0) is 22.4 Å². The summed E-state index contributed by atoms with van der Waals surface area (Å²) in [4.78, 5) is 30.7. The van der Waals surface area contributed by atoms with Crippen molar-refractivity contribution in [2.45, 2.75) is 115 Å². The van der Waals surface area contributed by atoms with Crippen LogP contribution in [0.1, 0.15) is 124 Å². The Morgan fingerprint density at radius 1 is 0.590 bits per heavy atom. The summed E-state index contributed by atoms with van der Waals surface area (Å²) in [7, 11) is 6.67. The highest BCUT2D eigenvalue weighted by Gasteiger charge is 2.39. The summed E-state index contributed by atoms with van der Waals surface area (Å²) in [5.74, 6) is 6.99. The van der Waals surface area contributed by atoms with E-state index < -0.39 is 0 Å². The van der Waals surface area contributed by atoms with Gasteiger partial charge in [0.15, 0.2) is 23.0 Å². The van der Waals surface area contributed by atoms with Crippen molar-refractivity contribution < 1.29 is 32.9 Å². The zero-order valence-corrected chi connectivity index (χ0v) is 42.9. The lowest BCUT2D eigenvalue weighted by atomic mass is 9.81. The van der Waals surface area contributed by atoms with Crippen molar-refractivity contribution in [3.63, 3.8) is 0 Å². The third-order valence-electron chi connectivity index (χ3n) is 12.6. The minimum absolute atomic E-state index is 0. The summed E-state index contributed by atoms with van der Waals surface area (Å²) in [6, 6.07) is 8.71. The normalized spacial score (nSPS) is 20.3. The van der Waals surface area contributed by atoms with Crippen molar-refractivity contribution >= 4 is 89.9 Å². The number of thioether (sulfide) groups is 1. The van der Waals surface area contributed by atoms with Crippen LogP contribution in [-0.4, -0.2) is 99.9 Å². The fraction of sp³-hybridized carbons (Fsp3) is 0.696. The molecule has 2 aromatic rings. The number of thiol groups is 1. The maximum atomic E-state index is 12.9. The van der Waals surface area contributed by atoms with E-state index in [0.717, 1.165) is 92.8 Å². The number of ether oxygens (including phenoxy) is 4. The summed E-state index contributed by atoms with van der Waals surface area (Å²) < 4.78 is 33.9. The molecule has 0 radical (unpaired) electrons. The Morgan fingerprint density at radius 2 is 0.984 bits per heavy atom. The molecular weight excluding hydrogens is 887 g/mol. The molecule has 2 saturated heterocycles. The molecule has 0 aliphatic carbocycles. The molecule has 0 saturated carbocycles. The van der Waals surface area contributed by atoms with E-state index in [-0.39, 0.29) is 84.6 Å². The van der Waals surface area contributed by atoms with Crippen LogP contribution >= 0.6 is 78.4 Å². The van der Waals surface area contributed by atoms with Gasteiger partial charge < -0.3 is 18.9 Å². The second-order valence-corrected chi connectivity index (χ2v) is 17.9. The average molecular weight is 965 g/mol. The Kier molecular flexibility index (Phi) is 29.4. The SMILES string of the molecule is COc1cc2c(cc1OC)[C@@H]1CC(=O)[C@@H](CCCCCCCS)CN1CC2.COc1cc2c(cc1OC)[C@@H]1CC(=O)[C@@H](CCCCCCCSCC[18F])CN1CC2.S.S.S.S. The largest absolute Gasteiger partial charge is 0.493 e. The molecular formula is C46H77FN2O6S6. The number of unbranched alkanes of at least 4 members (excludes halogenated alkanes) is 8. The van der Waals surface area contributed by atoms with Crippen molar-refractivity contribution in [1.29, 1.82) is 0 Å². The second kappa shape index (κ2) is 31.0. The van der Waals surface area contributed by atoms with Crippen LogP contribution in [0.25, 0.3) is 0 Å². The van der Waals surface area contributed by atoms with Gasteiger partial charge in [0.1, 0.15) is 11.6 Å². The highest BCUT2D eigenvalue weighted by atomic mass is 32.2. The van der Waals surface area contributed by atoms with Crippen LogP contribution in [0.2, 0.25) is 0 Å². The molecule has 0 aromatic heterocycles. The van der Waals surface area contributed by atoms with Crippen LogP contribution in [0.5, 0.6) is 23.0 Å². The number of carbonyl (C=O) groups excluding carboxylic acids is 2. The van der Waals surface area contributed by atoms with E-state index in [0.29, 0.717) is 30.2 Å². The van der Waals surface area contributed by atoms with Crippen LogP contribution in [0, 0.1) is 11.8 Å². The summed E-state index contributed by atoms with van der Waals surface area (Å²) >= 11 is 5.97. The molecule has 4 aliphatic rings. The first-order valence-corrected chi connectivity index (χ1v) is 23.4. The molecule has 350 valence electrons. The number of piperidine rings is 2. The lowest BCUT2D eigenvalue weighted by Crippen LogP contribution is -2.46. The molecule has 6 rings (SSSR count). The summed E-state index contributed by atoms with van der Waals surface area (Å²) in [5.41, 5.74) is 5.06. The van der Waals surface area contributed by atoms with Gasteiger partial charge in [-0.3, -0.25) is 23.8 Å². The number of nitrogens with zero attached hydrogens (tertiary/aromatic N) is 2. The van der Waals surface area contributed by atoms with Gasteiger partial charge in [0.05, 0.1) is 35.1 Å². The summed E-state index contributed by atoms with van der Waals surface area (Å²) in [5, 5.41) is 0. The number of benzene rings is 2. The molecule has 4 heterocycles. The van der Waals surface area contributed by atoms with Crippen molar-refractivity contribution in [2.24, 2.45) is 11.8 Å². The topological polar surface area (TPSA) is 77.5 Å². The van der Waals surface area contributed by atoms with Crippen LogP contribution in [0.15, 0.2) is 24.3 Å². The minimum Gasteiger partial charge on any atom is -0.493 e. The molecule has 2 aromatic carbocycles. The quantitative estimate of drug-likeness (QED) is 0.0973. The van der Waals surface area contributed by atoms with Crippen LogP contribution in [0.4, 0.5) is 4.39 Å². The third kappa shape index (κ3) is 16.4. The second-order valence-electron chi connectivity index (χ2n) is 16.2. The lowest BCUT2D eigenvalue weighted by Gasteiger charge is -2.43. The molecule has 0 spiro atoms. The Labute approximate surface area is 404 Å². The van der Waals surface area contributed by atoms with Gasteiger partial charge in [-0.05, 0) is 96.5 Å². The number of ketones is 2. The highest BCUT2D eigenvalue weighted by molar-refractivity contribution is 7.99. The average Bonchev–Trinajstić information content (AvgIpc) is 3.23. The Morgan fingerprint density at radius 3 is 1.39 bits per heavy atom. The number of methoxy groups -OCH3 is 4. The number of hydrogen-bond acceptors (Lipinski definition) is 10. The molecule has 2 fully saturated rings. The Bertz CT molecular complexity index is 1590. The van der Waals surface area contributed by atoms with Crippen molar-refractivity contribution in [3.8, 4) is 23.0 Å². The predicted octanol–water partition coefficient (Wildman–Crippen LogP) is 10.1. The van der Waals surface area contributed by atoms with Crippen LogP contribution < -0.4 is 18.9 Å². The zero-order chi connectivity index (χ0) is 40.6. The van der Waals surface area contributed by atoms with E-state index >= 15 is 0 Å². The van der Waals surface area contributed by atoms with Crippen molar-refractivity contribution in [3.05, 3.63) is 46.5 Å². The lowest BCUT2D eigenvalue weighted by molar-refractivity contribution is -0.129. The third-order valence-corrected chi connectivity index (χ3v) is 13.9. The maximum Gasteiger partial charge on any atom is 0.161 e.